The third-order valence-electron chi connectivity index (χ3n) is 4.58. The molecule has 2 heterocycles. The Hall–Kier alpha value is -1.65. The van der Waals surface area contributed by atoms with E-state index in [0.717, 1.165) is 24.0 Å². The molecule has 0 N–H and O–H groups in total. The van der Waals surface area contributed by atoms with E-state index < -0.39 is 0 Å². The van der Waals surface area contributed by atoms with Crippen LogP contribution in [0.2, 0.25) is 4.34 Å². The molecule has 0 unspecified atom stereocenters. The molecule has 3 nitrogen and oxygen atoms in total. The number of carbonyl (C=O) groups excluding carboxylic acids is 2. The van der Waals surface area contributed by atoms with Gasteiger partial charge in [-0.15, -0.1) is 11.3 Å². The van der Waals surface area contributed by atoms with Crippen LogP contribution in [-0.2, 0) is 0 Å². The summed E-state index contributed by atoms with van der Waals surface area (Å²) in [4.78, 5) is 27.7. The molecule has 1 saturated heterocycles. The lowest BCUT2D eigenvalue weighted by atomic mass is 9.87. The first-order chi connectivity index (χ1) is 11.5. The molecule has 0 saturated carbocycles. The van der Waals surface area contributed by atoms with Crippen molar-refractivity contribution in [1.29, 1.82) is 0 Å². The number of piperidine rings is 1. The van der Waals surface area contributed by atoms with Gasteiger partial charge >= 0.3 is 0 Å². The van der Waals surface area contributed by atoms with Gasteiger partial charge in [0.2, 0.25) is 0 Å². The van der Waals surface area contributed by atoms with E-state index in [-0.39, 0.29) is 17.6 Å². The highest BCUT2D eigenvalue weighted by molar-refractivity contribution is 7.17. The first-order valence-corrected chi connectivity index (χ1v) is 9.31. The maximum absolute atomic E-state index is 12.8. The van der Waals surface area contributed by atoms with Crippen LogP contribution in [0.3, 0.4) is 0 Å². The normalized spacial score (nSPS) is 15.5. The van der Waals surface area contributed by atoms with E-state index in [0.29, 0.717) is 22.3 Å². The minimum atomic E-state index is 0.00220. The molecule has 0 bridgehead atoms. The fraction of sp³-hybridized carbons (Fsp3) is 0.368. The largest absolute Gasteiger partial charge is 0.338 e. The van der Waals surface area contributed by atoms with Crippen molar-refractivity contribution in [3.63, 3.8) is 0 Å². The smallest absolute Gasteiger partial charge is 0.263 e. The standard InChI is InChI=1S/C19H20ClNO2S/c1-12-3-4-15(13(2)11-12)18(22)14-7-9-21(10-8-14)19(23)16-5-6-17(20)24-16/h3-6,11,14H,7-10H2,1-2H3. The summed E-state index contributed by atoms with van der Waals surface area (Å²) in [5.41, 5.74) is 3.02. The Kier molecular flexibility index (Phi) is 5.07. The van der Waals surface area contributed by atoms with Gasteiger partial charge in [0.1, 0.15) is 0 Å². The molecule has 2 aromatic rings. The number of hydrogen-bond acceptors (Lipinski definition) is 3. The minimum absolute atomic E-state index is 0.00220. The Morgan fingerprint density at radius 1 is 1.12 bits per heavy atom. The second-order valence-electron chi connectivity index (χ2n) is 6.35. The zero-order valence-electron chi connectivity index (χ0n) is 13.8. The average molecular weight is 362 g/mol. The van der Waals surface area contributed by atoms with Gasteiger partial charge in [-0.05, 0) is 44.4 Å². The Morgan fingerprint density at radius 3 is 2.42 bits per heavy atom. The Balaban J connectivity index is 1.64. The van der Waals surface area contributed by atoms with Crippen molar-refractivity contribution in [1.82, 2.24) is 4.90 Å². The SMILES string of the molecule is Cc1ccc(C(=O)C2CCN(C(=O)c3ccc(Cl)s3)CC2)c(C)c1. The number of carbonyl (C=O) groups is 2. The summed E-state index contributed by atoms with van der Waals surface area (Å²) in [6.45, 7) is 5.26. The average Bonchev–Trinajstić information content (AvgIpc) is 3.00. The predicted molar refractivity (Wildman–Crippen MR) is 98.2 cm³/mol. The molecular formula is C19H20ClNO2S. The molecule has 1 aromatic carbocycles. The van der Waals surface area contributed by atoms with E-state index >= 15 is 0 Å². The van der Waals surface area contributed by atoms with Crippen LogP contribution in [0.15, 0.2) is 30.3 Å². The van der Waals surface area contributed by atoms with Crippen molar-refractivity contribution in [3.8, 4) is 0 Å². The summed E-state index contributed by atoms with van der Waals surface area (Å²) in [5, 5.41) is 0. The molecule has 1 amide bonds. The number of aryl methyl sites for hydroxylation is 2. The maximum atomic E-state index is 12.8. The van der Waals surface area contributed by atoms with Gasteiger partial charge < -0.3 is 4.90 Å². The molecule has 5 heteroatoms. The predicted octanol–water partition coefficient (Wildman–Crippen LogP) is 4.75. The third kappa shape index (κ3) is 3.55. The Labute approximate surface area is 151 Å². The summed E-state index contributed by atoms with van der Waals surface area (Å²) in [7, 11) is 0. The summed E-state index contributed by atoms with van der Waals surface area (Å²) in [6.07, 6.45) is 1.44. The highest BCUT2D eigenvalue weighted by Gasteiger charge is 2.29. The third-order valence-corrected chi connectivity index (χ3v) is 5.80. The number of benzene rings is 1. The molecule has 1 aliphatic heterocycles. The zero-order chi connectivity index (χ0) is 17.3. The van der Waals surface area contributed by atoms with E-state index in [1.807, 2.05) is 36.9 Å². The van der Waals surface area contributed by atoms with E-state index in [9.17, 15) is 9.59 Å². The number of thiophene rings is 1. The van der Waals surface area contributed by atoms with Crippen molar-refractivity contribution < 1.29 is 9.59 Å². The minimum Gasteiger partial charge on any atom is -0.338 e. The monoisotopic (exact) mass is 361 g/mol. The number of nitrogens with zero attached hydrogens (tertiary/aromatic N) is 1. The van der Waals surface area contributed by atoms with Gasteiger partial charge in [-0.1, -0.05) is 35.4 Å². The van der Waals surface area contributed by atoms with Gasteiger partial charge in [0.25, 0.3) is 5.91 Å². The van der Waals surface area contributed by atoms with Crippen LogP contribution >= 0.6 is 22.9 Å². The molecule has 1 aliphatic rings. The van der Waals surface area contributed by atoms with E-state index in [2.05, 4.69) is 0 Å². The highest BCUT2D eigenvalue weighted by atomic mass is 35.5. The molecule has 0 spiro atoms. The first kappa shape index (κ1) is 17.2. The molecule has 126 valence electrons. The zero-order valence-corrected chi connectivity index (χ0v) is 15.4. The van der Waals surface area contributed by atoms with Crippen LogP contribution in [0.4, 0.5) is 0 Å². The quantitative estimate of drug-likeness (QED) is 0.739. The van der Waals surface area contributed by atoms with E-state index in [1.54, 1.807) is 12.1 Å². The van der Waals surface area contributed by atoms with Crippen molar-refractivity contribution in [2.45, 2.75) is 26.7 Å². The van der Waals surface area contributed by atoms with Crippen molar-refractivity contribution in [2.24, 2.45) is 5.92 Å². The van der Waals surface area contributed by atoms with E-state index in [1.165, 1.54) is 16.9 Å². The van der Waals surface area contributed by atoms with Crippen LogP contribution in [-0.4, -0.2) is 29.7 Å². The lowest BCUT2D eigenvalue weighted by Gasteiger charge is -2.31. The number of Topliss-reactive ketones (excluding diaryl/α,β-unsaturated/α-hetero) is 1. The number of likely N-dealkylation sites (tertiary alicyclic amines) is 1. The highest BCUT2D eigenvalue weighted by Crippen LogP contribution is 2.27. The van der Waals surface area contributed by atoms with Gasteiger partial charge in [0.05, 0.1) is 9.21 Å². The molecule has 0 atom stereocenters. The second-order valence-corrected chi connectivity index (χ2v) is 8.07. The van der Waals surface area contributed by atoms with Gasteiger partial charge in [0.15, 0.2) is 5.78 Å². The molecular weight excluding hydrogens is 342 g/mol. The summed E-state index contributed by atoms with van der Waals surface area (Å²) >= 11 is 7.21. The Bertz CT molecular complexity index is 775. The van der Waals surface area contributed by atoms with Crippen LogP contribution in [0.25, 0.3) is 0 Å². The van der Waals surface area contributed by atoms with Crippen LogP contribution in [0.1, 0.15) is 44.0 Å². The number of hydrogen-bond donors (Lipinski definition) is 0. The molecule has 1 aromatic heterocycles. The molecule has 0 radical (unpaired) electrons. The number of amides is 1. The van der Waals surface area contributed by atoms with Crippen LogP contribution in [0, 0.1) is 19.8 Å². The molecule has 3 rings (SSSR count). The fourth-order valence-electron chi connectivity index (χ4n) is 3.24. The number of ketones is 1. The molecule has 24 heavy (non-hydrogen) atoms. The van der Waals surface area contributed by atoms with Gasteiger partial charge in [-0.3, -0.25) is 9.59 Å². The number of rotatable bonds is 3. The van der Waals surface area contributed by atoms with Crippen LogP contribution in [0.5, 0.6) is 0 Å². The number of halogens is 1. The second kappa shape index (κ2) is 7.08. The van der Waals surface area contributed by atoms with Crippen molar-refractivity contribution in [2.75, 3.05) is 13.1 Å². The maximum Gasteiger partial charge on any atom is 0.263 e. The van der Waals surface area contributed by atoms with Crippen molar-refractivity contribution >= 4 is 34.6 Å². The van der Waals surface area contributed by atoms with Gasteiger partial charge in [-0.25, -0.2) is 0 Å². The lowest BCUT2D eigenvalue weighted by molar-refractivity contribution is 0.0654. The fourth-order valence-corrected chi connectivity index (χ4v) is 4.25. The van der Waals surface area contributed by atoms with E-state index in [4.69, 9.17) is 11.6 Å². The van der Waals surface area contributed by atoms with Crippen molar-refractivity contribution in [3.05, 3.63) is 56.2 Å². The summed E-state index contributed by atoms with van der Waals surface area (Å²) in [5.74, 6) is 0.227. The first-order valence-electron chi connectivity index (χ1n) is 8.12. The van der Waals surface area contributed by atoms with Gasteiger partial charge in [0, 0.05) is 24.6 Å². The van der Waals surface area contributed by atoms with Crippen LogP contribution < -0.4 is 0 Å². The molecule has 0 aliphatic carbocycles. The summed E-state index contributed by atoms with van der Waals surface area (Å²) < 4.78 is 0.623. The Morgan fingerprint density at radius 2 is 1.83 bits per heavy atom. The topological polar surface area (TPSA) is 37.4 Å². The summed E-state index contributed by atoms with van der Waals surface area (Å²) in [6, 6.07) is 9.47. The molecule has 1 fully saturated rings. The van der Waals surface area contributed by atoms with Gasteiger partial charge in [-0.2, -0.15) is 0 Å². The lowest BCUT2D eigenvalue weighted by Crippen LogP contribution is -2.40.